The van der Waals surface area contributed by atoms with Gasteiger partial charge in [0.25, 0.3) is 15.9 Å². The van der Waals surface area contributed by atoms with E-state index in [1.807, 2.05) is 0 Å². The largest absolute Gasteiger partial charge is 0.434 e. The number of thiazole rings is 1. The molecule has 0 saturated carbocycles. The Labute approximate surface area is 161 Å². The third-order valence-electron chi connectivity index (χ3n) is 3.37. The summed E-state index contributed by atoms with van der Waals surface area (Å²) in [4.78, 5) is 18.4. The average molecular weight is 428 g/mol. The highest BCUT2D eigenvalue weighted by Gasteiger charge is 2.38. The number of amides is 1. The molecule has 0 saturated heterocycles. The van der Waals surface area contributed by atoms with E-state index in [1.165, 1.54) is 36.5 Å². The van der Waals surface area contributed by atoms with Crippen LogP contribution < -0.4 is 10.0 Å². The lowest BCUT2D eigenvalue weighted by molar-refractivity contribution is -0.141. The Bertz CT molecular complexity index is 1080. The molecule has 2 N–H and O–H groups in total. The zero-order valence-electron chi connectivity index (χ0n) is 13.8. The first-order valence-corrected chi connectivity index (χ1v) is 9.89. The van der Waals surface area contributed by atoms with Gasteiger partial charge in [-0.3, -0.25) is 9.52 Å². The zero-order valence-corrected chi connectivity index (χ0v) is 15.4. The molecule has 0 atom stereocenters. The predicted octanol–water partition coefficient (Wildman–Crippen LogP) is 3.61. The summed E-state index contributed by atoms with van der Waals surface area (Å²) in [6.07, 6.45) is -3.33. The second kappa shape index (κ2) is 7.56. The number of nitrogens with one attached hydrogen (secondary N) is 2. The summed E-state index contributed by atoms with van der Waals surface area (Å²) >= 11 is 0.556. The van der Waals surface area contributed by atoms with Crippen molar-refractivity contribution in [2.75, 3.05) is 10.0 Å². The number of hydrogen-bond acceptors (Lipinski definition) is 6. The molecular formula is C16H11F3N4O3S2. The van der Waals surface area contributed by atoms with Crippen molar-refractivity contribution >= 4 is 38.8 Å². The van der Waals surface area contributed by atoms with Gasteiger partial charge in [0.15, 0.2) is 5.69 Å². The second-order valence-corrected chi connectivity index (χ2v) is 7.86. The maximum Gasteiger partial charge on any atom is 0.434 e. The smallest absolute Gasteiger partial charge is 0.321 e. The van der Waals surface area contributed by atoms with Gasteiger partial charge in [0, 0.05) is 11.9 Å². The molecule has 3 rings (SSSR count). The molecule has 2 heterocycles. The Hall–Kier alpha value is -2.99. The van der Waals surface area contributed by atoms with Gasteiger partial charge in [0.2, 0.25) is 0 Å². The molecule has 0 unspecified atom stereocenters. The molecule has 0 bridgehead atoms. The Morgan fingerprint density at radius 1 is 1.04 bits per heavy atom. The van der Waals surface area contributed by atoms with Crippen molar-refractivity contribution in [3.8, 4) is 0 Å². The van der Waals surface area contributed by atoms with Crippen LogP contribution in [0.4, 0.5) is 24.7 Å². The van der Waals surface area contributed by atoms with Gasteiger partial charge >= 0.3 is 6.18 Å². The summed E-state index contributed by atoms with van der Waals surface area (Å²) in [7, 11) is -3.91. The fourth-order valence-corrected chi connectivity index (χ4v) is 3.84. The number of rotatable bonds is 5. The number of hydrogen-bond donors (Lipinski definition) is 2. The molecule has 0 aliphatic carbocycles. The average Bonchev–Trinajstić information content (AvgIpc) is 3.13. The van der Waals surface area contributed by atoms with E-state index in [2.05, 4.69) is 20.0 Å². The van der Waals surface area contributed by atoms with Crippen LogP contribution >= 0.6 is 11.3 Å². The van der Waals surface area contributed by atoms with Crippen LogP contribution in [0.5, 0.6) is 0 Å². The number of nitrogens with zero attached hydrogens (tertiary/aromatic N) is 2. The summed E-state index contributed by atoms with van der Waals surface area (Å²) in [6, 6.07) is 9.65. The van der Waals surface area contributed by atoms with Crippen molar-refractivity contribution in [1.82, 2.24) is 9.97 Å². The van der Waals surface area contributed by atoms with Crippen LogP contribution in [0.25, 0.3) is 0 Å². The fraction of sp³-hybridized carbons (Fsp3) is 0.0625. The summed E-state index contributed by atoms with van der Waals surface area (Å²) in [5.74, 6) is -0.859. The topological polar surface area (TPSA) is 101 Å². The monoisotopic (exact) mass is 428 g/mol. The van der Waals surface area contributed by atoms with Crippen LogP contribution in [0, 0.1) is 0 Å². The predicted molar refractivity (Wildman–Crippen MR) is 96.6 cm³/mol. The van der Waals surface area contributed by atoms with E-state index < -0.39 is 32.7 Å². The van der Waals surface area contributed by atoms with E-state index in [0.717, 1.165) is 5.51 Å². The quantitative estimate of drug-likeness (QED) is 0.647. The molecule has 12 heteroatoms. The molecule has 146 valence electrons. The highest BCUT2D eigenvalue weighted by Crippen LogP contribution is 2.33. The standard InChI is InChI=1S/C16H11F3N4O3S2/c17-16(18,19)14-13(27-9-21-14)15(24)22-10-4-6-11(7-5-10)28(25,26)23-12-3-1-2-8-20-12/h1-9H,(H,20,23)(H,22,24). The molecular weight excluding hydrogens is 417 g/mol. The normalized spacial score (nSPS) is 11.8. The van der Waals surface area contributed by atoms with Crippen LogP contribution in [0.2, 0.25) is 0 Å². The first kappa shape index (κ1) is 19.8. The van der Waals surface area contributed by atoms with Gasteiger partial charge in [-0.1, -0.05) is 6.07 Å². The van der Waals surface area contributed by atoms with Gasteiger partial charge in [-0.15, -0.1) is 11.3 Å². The van der Waals surface area contributed by atoms with E-state index in [0.29, 0.717) is 11.3 Å². The maximum atomic E-state index is 12.8. The van der Waals surface area contributed by atoms with E-state index in [1.54, 1.807) is 12.1 Å². The molecule has 1 amide bonds. The zero-order chi connectivity index (χ0) is 20.4. The summed E-state index contributed by atoms with van der Waals surface area (Å²) in [6.45, 7) is 0. The highest BCUT2D eigenvalue weighted by molar-refractivity contribution is 7.92. The van der Waals surface area contributed by atoms with Crippen molar-refractivity contribution in [2.24, 2.45) is 0 Å². The Kier molecular flexibility index (Phi) is 5.34. The van der Waals surface area contributed by atoms with Crippen molar-refractivity contribution < 1.29 is 26.4 Å². The molecule has 28 heavy (non-hydrogen) atoms. The molecule has 0 fully saturated rings. The maximum absolute atomic E-state index is 12.8. The minimum atomic E-state index is -4.75. The second-order valence-electron chi connectivity index (χ2n) is 5.33. The van der Waals surface area contributed by atoms with Gasteiger partial charge in [-0.25, -0.2) is 18.4 Å². The Balaban J connectivity index is 1.75. The van der Waals surface area contributed by atoms with E-state index in [-0.39, 0.29) is 16.4 Å². The van der Waals surface area contributed by atoms with Gasteiger partial charge < -0.3 is 5.32 Å². The third kappa shape index (κ3) is 4.46. The highest BCUT2D eigenvalue weighted by atomic mass is 32.2. The van der Waals surface area contributed by atoms with Crippen molar-refractivity contribution in [3.05, 3.63) is 64.7 Å². The van der Waals surface area contributed by atoms with Crippen molar-refractivity contribution in [1.29, 1.82) is 0 Å². The molecule has 0 spiro atoms. The molecule has 3 aromatic rings. The number of pyridine rings is 1. The van der Waals surface area contributed by atoms with Crippen LogP contribution in [0.1, 0.15) is 15.4 Å². The number of anilines is 2. The lowest BCUT2D eigenvalue weighted by Crippen LogP contribution is -2.17. The van der Waals surface area contributed by atoms with Gasteiger partial charge in [0.1, 0.15) is 10.7 Å². The molecule has 1 aromatic carbocycles. The van der Waals surface area contributed by atoms with Crippen LogP contribution in [-0.2, 0) is 16.2 Å². The van der Waals surface area contributed by atoms with Gasteiger partial charge in [-0.2, -0.15) is 13.2 Å². The minimum Gasteiger partial charge on any atom is -0.321 e. The number of sulfonamides is 1. The third-order valence-corrected chi connectivity index (χ3v) is 5.56. The van der Waals surface area contributed by atoms with E-state index >= 15 is 0 Å². The van der Waals surface area contributed by atoms with Gasteiger partial charge in [0.05, 0.1) is 10.4 Å². The first-order chi connectivity index (χ1) is 13.2. The lowest BCUT2D eigenvalue weighted by atomic mass is 10.3. The first-order valence-electron chi connectivity index (χ1n) is 7.53. The fourth-order valence-electron chi connectivity index (χ4n) is 2.13. The number of carbonyl (C=O) groups is 1. The molecule has 0 aliphatic heterocycles. The number of halogens is 3. The summed E-state index contributed by atoms with van der Waals surface area (Å²) in [5.41, 5.74) is -0.214. The molecule has 7 nitrogen and oxygen atoms in total. The van der Waals surface area contributed by atoms with Crippen LogP contribution in [0.3, 0.4) is 0 Å². The molecule has 2 aromatic heterocycles. The van der Waals surface area contributed by atoms with Crippen LogP contribution in [-0.4, -0.2) is 24.3 Å². The van der Waals surface area contributed by atoms with E-state index in [4.69, 9.17) is 0 Å². The number of aromatic nitrogens is 2. The van der Waals surface area contributed by atoms with Crippen molar-refractivity contribution in [3.63, 3.8) is 0 Å². The van der Waals surface area contributed by atoms with E-state index in [9.17, 15) is 26.4 Å². The van der Waals surface area contributed by atoms with Gasteiger partial charge in [-0.05, 0) is 36.4 Å². The lowest BCUT2D eigenvalue weighted by Gasteiger charge is -2.09. The van der Waals surface area contributed by atoms with Crippen molar-refractivity contribution in [2.45, 2.75) is 11.1 Å². The molecule has 0 aliphatic rings. The number of alkyl halides is 3. The number of benzene rings is 1. The number of carbonyl (C=O) groups excluding carboxylic acids is 1. The summed E-state index contributed by atoms with van der Waals surface area (Å²) in [5, 5.41) is 2.29. The minimum absolute atomic E-state index is 0.107. The summed E-state index contributed by atoms with van der Waals surface area (Å²) < 4.78 is 65.4. The van der Waals surface area contributed by atoms with Crippen LogP contribution in [0.15, 0.2) is 59.1 Å². The Morgan fingerprint density at radius 2 is 1.75 bits per heavy atom. The molecule has 0 radical (unpaired) electrons. The Morgan fingerprint density at radius 3 is 2.36 bits per heavy atom. The SMILES string of the molecule is O=C(Nc1ccc(S(=O)(=O)Nc2ccccn2)cc1)c1scnc1C(F)(F)F.